The van der Waals surface area contributed by atoms with Crippen LogP contribution in [0.3, 0.4) is 0 Å². The van der Waals surface area contributed by atoms with Gasteiger partial charge in [0.25, 0.3) is 0 Å². The Morgan fingerprint density at radius 3 is 2.59 bits per heavy atom. The fourth-order valence-electron chi connectivity index (χ4n) is 2.50. The summed E-state index contributed by atoms with van der Waals surface area (Å²) < 4.78 is 16.8. The second-order valence-electron chi connectivity index (χ2n) is 5.66. The van der Waals surface area contributed by atoms with Crippen molar-refractivity contribution >= 4 is 39.2 Å². The molecule has 2 heterocycles. The van der Waals surface area contributed by atoms with Crippen LogP contribution >= 0.6 is 27.3 Å². The molecule has 4 aromatic rings. The topological polar surface area (TPSA) is 45.4 Å². The number of nitrogens with zero attached hydrogens (tertiary/aromatic N) is 3. The van der Waals surface area contributed by atoms with Crippen molar-refractivity contribution in [2.45, 2.75) is 0 Å². The summed E-state index contributed by atoms with van der Waals surface area (Å²) in [6, 6.07) is 18.2. The summed E-state index contributed by atoms with van der Waals surface area (Å²) in [5, 5.41) is 6.54. The lowest BCUT2D eigenvalue weighted by Crippen LogP contribution is -2.11. The summed E-state index contributed by atoms with van der Waals surface area (Å²) in [7, 11) is 0. The van der Waals surface area contributed by atoms with E-state index in [0.29, 0.717) is 4.80 Å². The van der Waals surface area contributed by atoms with Gasteiger partial charge >= 0.3 is 0 Å². The number of hydrogen-bond donors (Lipinski definition) is 1. The average molecular weight is 441 g/mol. The molecule has 0 saturated heterocycles. The van der Waals surface area contributed by atoms with E-state index in [1.54, 1.807) is 29.1 Å². The molecule has 1 N–H and O–H groups in total. The van der Waals surface area contributed by atoms with Gasteiger partial charge in [0.05, 0.1) is 17.6 Å². The van der Waals surface area contributed by atoms with E-state index in [1.165, 1.54) is 17.4 Å². The summed E-state index contributed by atoms with van der Waals surface area (Å²) in [6.45, 7) is 0. The zero-order chi connectivity index (χ0) is 18.6. The molecular weight excluding hydrogens is 427 g/mol. The third kappa shape index (κ3) is 3.99. The van der Waals surface area contributed by atoms with E-state index in [2.05, 4.69) is 31.0 Å². The highest BCUT2D eigenvalue weighted by Crippen LogP contribution is 2.23. The van der Waals surface area contributed by atoms with Crippen molar-refractivity contribution in [2.24, 2.45) is 10.1 Å². The van der Waals surface area contributed by atoms with Gasteiger partial charge in [-0.3, -0.25) is 0 Å². The van der Waals surface area contributed by atoms with Crippen LogP contribution in [0.25, 0.3) is 11.3 Å². The normalized spacial score (nSPS) is 12.1. The smallest absolute Gasteiger partial charge is 0.211 e. The number of H-pyrrole nitrogens is 1. The van der Waals surface area contributed by atoms with Crippen molar-refractivity contribution in [3.05, 3.63) is 93.0 Å². The lowest BCUT2D eigenvalue weighted by Gasteiger charge is -2.04. The second kappa shape index (κ2) is 7.85. The van der Waals surface area contributed by atoms with Crippen molar-refractivity contribution in [3.8, 4) is 11.3 Å². The third-order valence-electron chi connectivity index (χ3n) is 3.83. The zero-order valence-corrected chi connectivity index (χ0v) is 16.4. The van der Waals surface area contributed by atoms with Crippen LogP contribution in [0.1, 0.15) is 5.69 Å². The molecule has 0 amide bonds. The van der Waals surface area contributed by atoms with Crippen molar-refractivity contribution in [2.75, 3.05) is 0 Å². The molecular formula is C20H14BrFN4S. The van der Waals surface area contributed by atoms with Crippen molar-refractivity contribution in [3.63, 3.8) is 0 Å². The molecule has 0 radical (unpaired) electrons. The first-order valence-electron chi connectivity index (χ1n) is 8.14. The first-order chi connectivity index (χ1) is 13.2. The van der Waals surface area contributed by atoms with Crippen LogP contribution < -0.4 is 4.80 Å². The highest BCUT2D eigenvalue weighted by Gasteiger charge is 2.08. The van der Waals surface area contributed by atoms with Crippen LogP contribution in [0.2, 0.25) is 0 Å². The number of nitrogens with one attached hydrogen (secondary N) is 1. The molecule has 4 rings (SSSR count). The largest absolute Gasteiger partial charge is 0.360 e. The van der Waals surface area contributed by atoms with Crippen LogP contribution in [-0.2, 0) is 0 Å². The minimum atomic E-state index is -0.365. The van der Waals surface area contributed by atoms with Crippen LogP contribution in [0.4, 0.5) is 10.1 Å². The Labute approximate surface area is 167 Å². The second-order valence-corrected chi connectivity index (χ2v) is 7.41. The predicted molar refractivity (Wildman–Crippen MR) is 111 cm³/mol. The quantitative estimate of drug-likeness (QED) is 0.403. The van der Waals surface area contributed by atoms with Crippen LogP contribution in [0.15, 0.2) is 86.8 Å². The molecule has 0 atom stereocenters. The molecule has 0 saturated carbocycles. The van der Waals surface area contributed by atoms with Gasteiger partial charge in [-0.05, 0) is 36.4 Å². The zero-order valence-electron chi connectivity index (χ0n) is 14.0. The standard InChI is InChI=1S/C20H14BrFN4S/c21-15-9-7-14(8-10-15)19-13-27-20(25-18-6-2-1-5-17(18)22)26(19)24-12-16-4-3-11-23-16/h1-13,23H. The van der Waals surface area contributed by atoms with Gasteiger partial charge in [-0.2, -0.15) is 5.10 Å². The third-order valence-corrected chi connectivity index (χ3v) is 5.17. The highest BCUT2D eigenvalue weighted by atomic mass is 79.9. The number of benzene rings is 2. The van der Waals surface area contributed by atoms with Gasteiger partial charge in [0, 0.05) is 21.6 Å². The Bertz CT molecular complexity index is 1140. The maximum absolute atomic E-state index is 14.0. The van der Waals surface area contributed by atoms with Crippen LogP contribution in [-0.4, -0.2) is 15.9 Å². The monoisotopic (exact) mass is 440 g/mol. The minimum absolute atomic E-state index is 0.283. The maximum atomic E-state index is 14.0. The van der Waals surface area contributed by atoms with E-state index in [9.17, 15) is 4.39 Å². The Balaban J connectivity index is 1.86. The molecule has 0 aliphatic heterocycles. The van der Waals surface area contributed by atoms with E-state index in [0.717, 1.165) is 21.4 Å². The summed E-state index contributed by atoms with van der Waals surface area (Å²) in [5.41, 5.74) is 3.02. The highest BCUT2D eigenvalue weighted by molar-refractivity contribution is 9.10. The summed E-state index contributed by atoms with van der Waals surface area (Å²) >= 11 is 4.86. The Morgan fingerprint density at radius 2 is 1.85 bits per heavy atom. The molecule has 27 heavy (non-hydrogen) atoms. The Kier molecular flexibility index (Phi) is 5.13. The molecule has 2 aromatic heterocycles. The first-order valence-corrected chi connectivity index (χ1v) is 9.81. The fraction of sp³-hybridized carbons (Fsp3) is 0. The van der Waals surface area contributed by atoms with Gasteiger partial charge in [0.15, 0.2) is 0 Å². The van der Waals surface area contributed by atoms with E-state index < -0.39 is 0 Å². The summed E-state index contributed by atoms with van der Waals surface area (Å²) in [5.74, 6) is -0.365. The number of halogens is 2. The Hall–Kier alpha value is -2.77. The van der Waals surface area contributed by atoms with E-state index in [4.69, 9.17) is 0 Å². The number of aromatic nitrogens is 2. The van der Waals surface area contributed by atoms with Crippen molar-refractivity contribution in [1.82, 2.24) is 9.66 Å². The fourth-order valence-corrected chi connectivity index (χ4v) is 3.61. The molecule has 7 heteroatoms. The number of hydrogen-bond acceptors (Lipinski definition) is 3. The molecule has 134 valence electrons. The predicted octanol–water partition coefficient (Wildman–Crippen LogP) is 5.56. The molecule has 2 aromatic carbocycles. The number of thiazole rings is 1. The lowest BCUT2D eigenvalue weighted by molar-refractivity contribution is 0.628. The molecule has 0 aliphatic rings. The first kappa shape index (κ1) is 17.6. The number of aromatic amines is 1. The van der Waals surface area contributed by atoms with Crippen molar-refractivity contribution < 1.29 is 4.39 Å². The SMILES string of the molecule is Fc1ccccc1N=c1scc(-c2ccc(Br)cc2)n1N=Cc1ccc[nH]1. The molecule has 0 aliphatic carbocycles. The van der Waals surface area contributed by atoms with E-state index in [-0.39, 0.29) is 11.5 Å². The van der Waals surface area contributed by atoms with E-state index >= 15 is 0 Å². The molecule has 0 bridgehead atoms. The van der Waals surface area contributed by atoms with Gasteiger partial charge < -0.3 is 4.98 Å². The van der Waals surface area contributed by atoms with Gasteiger partial charge in [0.2, 0.25) is 4.80 Å². The van der Waals surface area contributed by atoms with E-state index in [1.807, 2.05) is 48.0 Å². The van der Waals surface area contributed by atoms with Gasteiger partial charge in [-0.25, -0.2) is 14.1 Å². The lowest BCUT2D eigenvalue weighted by atomic mass is 10.2. The Morgan fingerprint density at radius 1 is 1.04 bits per heavy atom. The molecule has 0 fully saturated rings. The van der Waals surface area contributed by atoms with Crippen molar-refractivity contribution in [1.29, 1.82) is 0 Å². The van der Waals surface area contributed by atoms with Gasteiger partial charge in [-0.1, -0.05) is 40.2 Å². The summed E-state index contributed by atoms with van der Waals surface area (Å²) in [6.07, 6.45) is 3.55. The van der Waals surface area contributed by atoms with Crippen LogP contribution in [0, 0.1) is 5.82 Å². The van der Waals surface area contributed by atoms with Crippen LogP contribution in [0.5, 0.6) is 0 Å². The van der Waals surface area contributed by atoms with Gasteiger partial charge in [-0.15, -0.1) is 11.3 Å². The molecule has 0 unspecified atom stereocenters. The number of para-hydroxylation sites is 1. The molecule has 4 nitrogen and oxygen atoms in total. The van der Waals surface area contributed by atoms with Gasteiger partial charge in [0.1, 0.15) is 11.5 Å². The number of rotatable bonds is 4. The average Bonchev–Trinajstić information content (AvgIpc) is 3.32. The minimum Gasteiger partial charge on any atom is -0.360 e. The molecule has 0 spiro atoms. The maximum Gasteiger partial charge on any atom is 0.211 e. The summed E-state index contributed by atoms with van der Waals surface area (Å²) in [4.78, 5) is 8.15.